The molecule has 152 valence electrons. The molecule has 1 spiro atoms. The van der Waals surface area contributed by atoms with Crippen molar-refractivity contribution in [3.05, 3.63) is 23.9 Å². The standard InChI is InChI=1S/C19H26N4O4S/c1-13(2)12-21-18(25)26-15-11-19(27-22-15)6-9-23(10-7-19)17(24)14-5-4-8-20-16(14)28-3/h4-5,8,13H,6-7,9-12H2,1-3H3,(H,21,25). The van der Waals surface area contributed by atoms with Gasteiger partial charge in [-0.2, -0.15) is 0 Å². The van der Waals surface area contributed by atoms with Crippen LogP contribution in [0.4, 0.5) is 4.79 Å². The third-order valence-electron chi connectivity index (χ3n) is 4.84. The SMILES string of the molecule is CSc1ncccc1C(=O)N1CCC2(CC1)CC(OC(=O)NCC(C)C)=NO2. The number of carbonyl (C=O) groups excluding carboxylic acids is 2. The molecule has 0 unspecified atom stereocenters. The molecular weight excluding hydrogens is 380 g/mol. The van der Waals surface area contributed by atoms with Crippen molar-refractivity contribution in [2.75, 3.05) is 25.9 Å². The Kier molecular flexibility index (Phi) is 6.43. The highest BCUT2D eigenvalue weighted by Crippen LogP contribution is 2.35. The van der Waals surface area contributed by atoms with Gasteiger partial charge in [-0.3, -0.25) is 4.79 Å². The molecule has 2 amide bonds. The summed E-state index contributed by atoms with van der Waals surface area (Å²) in [4.78, 5) is 36.4. The number of ether oxygens (including phenoxy) is 1. The Morgan fingerprint density at radius 1 is 1.39 bits per heavy atom. The van der Waals surface area contributed by atoms with E-state index >= 15 is 0 Å². The number of likely N-dealkylation sites (tertiary alicyclic amines) is 1. The summed E-state index contributed by atoms with van der Waals surface area (Å²) in [5.74, 6) is 0.614. The number of pyridine rings is 1. The van der Waals surface area contributed by atoms with Crippen LogP contribution in [-0.2, 0) is 9.57 Å². The Hall–Kier alpha value is -2.29. The second-order valence-corrected chi connectivity index (χ2v) is 8.25. The maximum atomic E-state index is 12.8. The molecule has 3 heterocycles. The van der Waals surface area contributed by atoms with Crippen molar-refractivity contribution < 1.29 is 19.2 Å². The van der Waals surface area contributed by atoms with E-state index in [4.69, 9.17) is 9.57 Å². The first-order valence-electron chi connectivity index (χ1n) is 9.41. The van der Waals surface area contributed by atoms with E-state index in [9.17, 15) is 9.59 Å². The number of alkyl carbamates (subject to hydrolysis) is 1. The minimum absolute atomic E-state index is 0.0178. The summed E-state index contributed by atoms with van der Waals surface area (Å²) >= 11 is 1.46. The quantitative estimate of drug-likeness (QED) is 0.773. The molecule has 0 atom stereocenters. The number of thioether (sulfide) groups is 1. The lowest BCUT2D eigenvalue weighted by Crippen LogP contribution is -2.47. The van der Waals surface area contributed by atoms with Crippen LogP contribution in [0.5, 0.6) is 0 Å². The average Bonchev–Trinajstić information content (AvgIpc) is 3.08. The van der Waals surface area contributed by atoms with Crippen LogP contribution in [0.2, 0.25) is 0 Å². The van der Waals surface area contributed by atoms with Gasteiger partial charge in [-0.1, -0.05) is 19.0 Å². The van der Waals surface area contributed by atoms with Gasteiger partial charge < -0.3 is 19.8 Å². The van der Waals surface area contributed by atoms with E-state index in [-0.39, 0.29) is 11.8 Å². The largest absolute Gasteiger partial charge is 0.413 e. The number of carbonyl (C=O) groups is 2. The zero-order valence-corrected chi connectivity index (χ0v) is 17.3. The molecule has 0 aliphatic carbocycles. The molecule has 0 bridgehead atoms. The normalized spacial score (nSPS) is 18.0. The molecular formula is C19H26N4O4S. The van der Waals surface area contributed by atoms with E-state index in [1.165, 1.54) is 11.8 Å². The molecule has 8 nitrogen and oxygen atoms in total. The first-order chi connectivity index (χ1) is 13.4. The van der Waals surface area contributed by atoms with E-state index < -0.39 is 11.7 Å². The zero-order chi connectivity index (χ0) is 20.1. The Bertz CT molecular complexity index is 760. The molecule has 28 heavy (non-hydrogen) atoms. The Labute approximate surface area is 169 Å². The predicted molar refractivity (Wildman–Crippen MR) is 106 cm³/mol. The van der Waals surface area contributed by atoms with Gasteiger partial charge in [0.15, 0.2) is 0 Å². The second kappa shape index (κ2) is 8.81. The van der Waals surface area contributed by atoms with Crippen LogP contribution < -0.4 is 5.32 Å². The number of amides is 2. The van der Waals surface area contributed by atoms with Crippen molar-refractivity contribution in [1.82, 2.24) is 15.2 Å². The third-order valence-corrected chi connectivity index (χ3v) is 5.55. The van der Waals surface area contributed by atoms with Crippen molar-refractivity contribution >= 4 is 29.7 Å². The number of piperidine rings is 1. The molecule has 1 aromatic heterocycles. The lowest BCUT2D eigenvalue weighted by molar-refractivity contribution is -0.0568. The number of hydrogen-bond donors (Lipinski definition) is 1. The van der Waals surface area contributed by atoms with Crippen LogP contribution in [0, 0.1) is 5.92 Å². The molecule has 1 fully saturated rings. The van der Waals surface area contributed by atoms with Crippen LogP contribution in [-0.4, -0.2) is 59.3 Å². The van der Waals surface area contributed by atoms with Crippen molar-refractivity contribution in [1.29, 1.82) is 0 Å². The topological polar surface area (TPSA) is 93.1 Å². The molecule has 2 aliphatic rings. The number of hydrogen-bond acceptors (Lipinski definition) is 7. The van der Waals surface area contributed by atoms with E-state index in [1.54, 1.807) is 12.3 Å². The average molecular weight is 407 g/mol. The summed E-state index contributed by atoms with van der Waals surface area (Å²) in [5.41, 5.74) is 0.127. The van der Waals surface area contributed by atoms with Gasteiger partial charge in [-0.15, -0.1) is 11.8 Å². The summed E-state index contributed by atoms with van der Waals surface area (Å²) in [6, 6.07) is 3.59. The highest BCUT2D eigenvalue weighted by molar-refractivity contribution is 7.98. The lowest BCUT2D eigenvalue weighted by atomic mass is 9.88. The van der Waals surface area contributed by atoms with Gasteiger partial charge in [-0.05, 0) is 24.3 Å². The van der Waals surface area contributed by atoms with Crippen molar-refractivity contribution in [3.8, 4) is 0 Å². The fourth-order valence-corrected chi connectivity index (χ4v) is 3.79. The van der Waals surface area contributed by atoms with E-state index in [0.29, 0.717) is 50.4 Å². The van der Waals surface area contributed by atoms with Crippen molar-refractivity contribution in [2.45, 2.75) is 43.7 Å². The summed E-state index contributed by atoms with van der Waals surface area (Å²) in [6.07, 6.45) is 4.80. The lowest BCUT2D eigenvalue weighted by Gasteiger charge is -2.37. The first-order valence-corrected chi connectivity index (χ1v) is 10.6. The number of oxime groups is 1. The van der Waals surface area contributed by atoms with Crippen LogP contribution in [0.15, 0.2) is 28.5 Å². The fraction of sp³-hybridized carbons (Fsp3) is 0.579. The number of aromatic nitrogens is 1. The molecule has 3 rings (SSSR count). The van der Waals surface area contributed by atoms with Gasteiger partial charge in [0.1, 0.15) is 10.6 Å². The molecule has 0 saturated carbocycles. The molecule has 1 N–H and O–H groups in total. The molecule has 1 aromatic rings. The minimum atomic E-state index is -0.512. The molecule has 0 aromatic carbocycles. The Morgan fingerprint density at radius 2 is 2.14 bits per heavy atom. The summed E-state index contributed by atoms with van der Waals surface area (Å²) in [6.45, 7) is 5.68. The predicted octanol–water partition coefficient (Wildman–Crippen LogP) is 2.89. The molecule has 0 radical (unpaired) electrons. The highest BCUT2D eigenvalue weighted by atomic mass is 32.2. The second-order valence-electron chi connectivity index (χ2n) is 7.45. The van der Waals surface area contributed by atoms with Gasteiger partial charge in [0.05, 0.1) is 12.0 Å². The van der Waals surface area contributed by atoms with E-state index in [1.807, 2.05) is 31.1 Å². The first kappa shape index (κ1) is 20.4. The van der Waals surface area contributed by atoms with Crippen LogP contribution in [0.25, 0.3) is 0 Å². The fourth-order valence-electron chi connectivity index (χ4n) is 3.25. The van der Waals surface area contributed by atoms with Crippen LogP contribution >= 0.6 is 11.8 Å². The smallest absolute Gasteiger partial charge is 0.392 e. The minimum Gasteiger partial charge on any atom is -0.392 e. The summed E-state index contributed by atoms with van der Waals surface area (Å²) in [5, 5.41) is 7.38. The summed E-state index contributed by atoms with van der Waals surface area (Å²) < 4.78 is 5.25. The van der Waals surface area contributed by atoms with Crippen molar-refractivity contribution in [3.63, 3.8) is 0 Å². The van der Waals surface area contributed by atoms with Gasteiger partial charge in [0.25, 0.3) is 5.91 Å². The Balaban J connectivity index is 1.52. The van der Waals surface area contributed by atoms with Gasteiger partial charge in [-0.25, -0.2) is 9.78 Å². The third kappa shape index (κ3) is 4.76. The van der Waals surface area contributed by atoms with Crippen molar-refractivity contribution in [2.24, 2.45) is 11.1 Å². The van der Waals surface area contributed by atoms with Gasteiger partial charge in [0, 0.05) is 38.7 Å². The molecule has 2 aliphatic heterocycles. The van der Waals surface area contributed by atoms with E-state index in [0.717, 1.165) is 5.03 Å². The Morgan fingerprint density at radius 3 is 2.82 bits per heavy atom. The summed E-state index contributed by atoms with van der Waals surface area (Å²) in [7, 11) is 0. The molecule has 9 heteroatoms. The highest BCUT2D eigenvalue weighted by Gasteiger charge is 2.44. The maximum Gasteiger partial charge on any atom is 0.413 e. The number of nitrogens with one attached hydrogen (secondary N) is 1. The monoisotopic (exact) mass is 406 g/mol. The van der Waals surface area contributed by atoms with Crippen LogP contribution in [0.3, 0.4) is 0 Å². The van der Waals surface area contributed by atoms with Gasteiger partial charge >= 0.3 is 6.09 Å². The number of rotatable bonds is 4. The zero-order valence-electron chi connectivity index (χ0n) is 16.4. The maximum absolute atomic E-state index is 12.8. The number of nitrogens with zero attached hydrogens (tertiary/aromatic N) is 3. The molecule has 1 saturated heterocycles. The van der Waals surface area contributed by atoms with Crippen LogP contribution in [0.1, 0.15) is 43.5 Å². The van der Waals surface area contributed by atoms with Gasteiger partial charge in [0.2, 0.25) is 5.90 Å². The van der Waals surface area contributed by atoms with E-state index in [2.05, 4.69) is 15.5 Å².